The zero-order chi connectivity index (χ0) is 15.9. The van der Waals surface area contributed by atoms with Crippen LogP contribution in [0, 0.1) is 0 Å². The summed E-state index contributed by atoms with van der Waals surface area (Å²) in [5.41, 5.74) is 2.58. The van der Waals surface area contributed by atoms with E-state index in [2.05, 4.69) is 30.2 Å². The second-order valence-corrected chi connectivity index (χ2v) is 5.23. The zero-order valence-corrected chi connectivity index (χ0v) is 12.6. The maximum atomic E-state index is 12.1. The molecule has 0 fully saturated rings. The van der Waals surface area contributed by atoms with E-state index in [1.54, 1.807) is 24.9 Å². The van der Waals surface area contributed by atoms with Crippen LogP contribution >= 0.6 is 0 Å². The molecule has 0 radical (unpaired) electrons. The number of aryl methyl sites for hydroxylation is 1. The lowest BCUT2D eigenvalue weighted by molar-refractivity contribution is 0.831. The van der Waals surface area contributed by atoms with Gasteiger partial charge in [-0.3, -0.25) is 14.8 Å². The molecule has 0 saturated heterocycles. The normalized spacial score (nSPS) is 10.6. The van der Waals surface area contributed by atoms with Gasteiger partial charge in [-0.25, -0.2) is 9.97 Å². The minimum atomic E-state index is -0.125. The van der Waals surface area contributed by atoms with Crippen LogP contribution in [0.4, 0.5) is 5.95 Å². The number of pyridine rings is 1. The molecule has 0 unspecified atom stereocenters. The van der Waals surface area contributed by atoms with Gasteiger partial charge < -0.3 is 10.3 Å². The molecule has 0 aliphatic carbocycles. The summed E-state index contributed by atoms with van der Waals surface area (Å²) in [6.07, 6.45) is 10.9. The minimum Gasteiger partial charge on any atom is -0.356 e. The maximum Gasteiger partial charge on any atom is 0.255 e. The third-order valence-electron chi connectivity index (χ3n) is 3.46. The van der Waals surface area contributed by atoms with Gasteiger partial charge >= 0.3 is 0 Å². The highest BCUT2D eigenvalue weighted by Crippen LogP contribution is 2.04. The molecule has 7 heteroatoms. The Morgan fingerprint density at radius 2 is 2.13 bits per heavy atom. The van der Waals surface area contributed by atoms with Gasteiger partial charge in [0.15, 0.2) is 0 Å². The summed E-state index contributed by atoms with van der Waals surface area (Å²) in [6, 6.07) is 3.79. The lowest BCUT2D eigenvalue weighted by Crippen LogP contribution is -2.17. The molecule has 3 N–H and O–H groups in total. The third kappa shape index (κ3) is 4.26. The quantitative estimate of drug-likeness (QED) is 0.575. The fourth-order valence-electron chi connectivity index (χ4n) is 2.27. The standard InChI is InChI=1S/C16H18N6O/c23-15-13(7-12-3-1-5-17-8-12)9-20-16(22-15)19-6-2-4-14-10-18-11-21-14/h1,3,5,8-11H,2,4,6-7H2,(H,18,21)(H2,19,20,22,23). The molecule has 3 rings (SSSR count). The second-order valence-electron chi connectivity index (χ2n) is 5.23. The van der Waals surface area contributed by atoms with E-state index < -0.39 is 0 Å². The van der Waals surface area contributed by atoms with E-state index in [1.165, 1.54) is 0 Å². The number of nitrogens with zero attached hydrogens (tertiary/aromatic N) is 3. The van der Waals surface area contributed by atoms with Crippen molar-refractivity contribution in [2.45, 2.75) is 19.3 Å². The lowest BCUT2D eigenvalue weighted by Gasteiger charge is -2.06. The fraction of sp³-hybridized carbons (Fsp3) is 0.250. The maximum absolute atomic E-state index is 12.1. The van der Waals surface area contributed by atoms with Crippen molar-refractivity contribution in [3.8, 4) is 0 Å². The van der Waals surface area contributed by atoms with E-state index in [4.69, 9.17) is 0 Å². The summed E-state index contributed by atoms with van der Waals surface area (Å²) in [5.74, 6) is 0.495. The Morgan fingerprint density at radius 3 is 2.87 bits per heavy atom. The molecular formula is C16H18N6O. The van der Waals surface area contributed by atoms with Crippen LogP contribution in [0.5, 0.6) is 0 Å². The fourth-order valence-corrected chi connectivity index (χ4v) is 2.27. The number of aromatic nitrogens is 5. The Morgan fingerprint density at radius 1 is 1.17 bits per heavy atom. The van der Waals surface area contributed by atoms with E-state index in [9.17, 15) is 4.79 Å². The predicted octanol–water partition coefficient (Wildman–Crippen LogP) is 1.52. The van der Waals surface area contributed by atoms with Gasteiger partial charge in [0.2, 0.25) is 5.95 Å². The minimum absolute atomic E-state index is 0.125. The first kappa shape index (κ1) is 15.0. The average Bonchev–Trinajstić information content (AvgIpc) is 3.08. The summed E-state index contributed by atoms with van der Waals surface area (Å²) >= 11 is 0. The van der Waals surface area contributed by atoms with Gasteiger partial charge in [0, 0.05) is 49.0 Å². The molecule has 0 aliphatic rings. The molecule has 23 heavy (non-hydrogen) atoms. The molecule has 3 heterocycles. The highest BCUT2D eigenvalue weighted by molar-refractivity contribution is 5.27. The molecule has 0 atom stereocenters. The topological polar surface area (TPSA) is 99.3 Å². The van der Waals surface area contributed by atoms with Crippen LogP contribution in [-0.4, -0.2) is 31.5 Å². The molecule has 0 aromatic carbocycles. The lowest BCUT2D eigenvalue weighted by atomic mass is 10.1. The van der Waals surface area contributed by atoms with Crippen molar-refractivity contribution < 1.29 is 0 Å². The number of rotatable bonds is 7. The first-order valence-electron chi connectivity index (χ1n) is 7.49. The van der Waals surface area contributed by atoms with Crippen LogP contribution in [0.1, 0.15) is 23.2 Å². The third-order valence-corrected chi connectivity index (χ3v) is 3.46. The van der Waals surface area contributed by atoms with Gasteiger partial charge in [-0.2, -0.15) is 0 Å². The van der Waals surface area contributed by atoms with Crippen molar-refractivity contribution in [1.29, 1.82) is 0 Å². The summed E-state index contributed by atoms with van der Waals surface area (Å²) < 4.78 is 0. The van der Waals surface area contributed by atoms with Crippen molar-refractivity contribution in [1.82, 2.24) is 24.9 Å². The van der Waals surface area contributed by atoms with Gasteiger partial charge in [-0.1, -0.05) is 6.07 Å². The van der Waals surface area contributed by atoms with E-state index in [-0.39, 0.29) is 5.56 Å². The molecule has 0 bridgehead atoms. The Labute approximate surface area is 133 Å². The predicted molar refractivity (Wildman–Crippen MR) is 87.3 cm³/mol. The Hall–Kier alpha value is -2.96. The highest BCUT2D eigenvalue weighted by atomic mass is 16.1. The molecule has 0 spiro atoms. The summed E-state index contributed by atoms with van der Waals surface area (Å²) in [5, 5.41) is 3.13. The molecule has 3 aromatic rings. The number of anilines is 1. The van der Waals surface area contributed by atoms with E-state index in [1.807, 2.05) is 18.3 Å². The molecule has 0 amide bonds. The molecule has 118 valence electrons. The first-order chi connectivity index (χ1) is 11.3. The Balaban J connectivity index is 1.53. The Kier molecular flexibility index (Phi) is 4.78. The van der Waals surface area contributed by atoms with Crippen LogP contribution in [-0.2, 0) is 12.8 Å². The SMILES string of the molecule is O=c1[nH]c(NCCCc2cnc[nH]2)ncc1Cc1cccnc1. The second kappa shape index (κ2) is 7.35. The van der Waals surface area contributed by atoms with Crippen molar-refractivity contribution >= 4 is 5.95 Å². The van der Waals surface area contributed by atoms with Crippen LogP contribution in [0.3, 0.4) is 0 Å². The van der Waals surface area contributed by atoms with Gasteiger partial charge in [0.25, 0.3) is 5.56 Å². The molecular weight excluding hydrogens is 292 g/mol. The van der Waals surface area contributed by atoms with Gasteiger partial charge in [-0.15, -0.1) is 0 Å². The number of nitrogens with one attached hydrogen (secondary N) is 3. The van der Waals surface area contributed by atoms with E-state index >= 15 is 0 Å². The monoisotopic (exact) mass is 310 g/mol. The van der Waals surface area contributed by atoms with Crippen LogP contribution < -0.4 is 10.9 Å². The van der Waals surface area contributed by atoms with Crippen molar-refractivity contribution in [3.05, 3.63) is 70.4 Å². The summed E-state index contributed by atoms with van der Waals surface area (Å²) in [6.45, 7) is 0.726. The largest absolute Gasteiger partial charge is 0.356 e. The van der Waals surface area contributed by atoms with Crippen molar-refractivity contribution in [2.24, 2.45) is 0 Å². The van der Waals surface area contributed by atoms with Crippen molar-refractivity contribution in [2.75, 3.05) is 11.9 Å². The number of imidazole rings is 1. The Bertz CT molecular complexity index is 782. The first-order valence-corrected chi connectivity index (χ1v) is 7.49. The molecule has 0 saturated carbocycles. The summed E-state index contributed by atoms with van der Waals surface area (Å²) in [4.78, 5) is 30.2. The zero-order valence-electron chi connectivity index (χ0n) is 12.6. The molecule has 7 nitrogen and oxygen atoms in total. The molecule has 3 aromatic heterocycles. The van der Waals surface area contributed by atoms with E-state index in [0.717, 1.165) is 30.6 Å². The highest BCUT2D eigenvalue weighted by Gasteiger charge is 2.04. The number of hydrogen-bond acceptors (Lipinski definition) is 5. The van der Waals surface area contributed by atoms with E-state index in [0.29, 0.717) is 17.9 Å². The van der Waals surface area contributed by atoms with Gasteiger partial charge in [0.05, 0.1) is 6.33 Å². The average molecular weight is 310 g/mol. The van der Waals surface area contributed by atoms with Gasteiger partial charge in [-0.05, 0) is 24.5 Å². The molecule has 0 aliphatic heterocycles. The van der Waals surface area contributed by atoms with Crippen LogP contribution in [0.25, 0.3) is 0 Å². The number of H-pyrrole nitrogens is 2. The number of aromatic amines is 2. The van der Waals surface area contributed by atoms with Crippen LogP contribution in [0.2, 0.25) is 0 Å². The van der Waals surface area contributed by atoms with Crippen molar-refractivity contribution in [3.63, 3.8) is 0 Å². The summed E-state index contributed by atoms with van der Waals surface area (Å²) in [7, 11) is 0. The van der Waals surface area contributed by atoms with Gasteiger partial charge in [0.1, 0.15) is 0 Å². The van der Waals surface area contributed by atoms with Crippen LogP contribution in [0.15, 0.2) is 48.0 Å². The smallest absolute Gasteiger partial charge is 0.255 e. The number of hydrogen-bond donors (Lipinski definition) is 3.